The summed E-state index contributed by atoms with van der Waals surface area (Å²) in [6.07, 6.45) is 7.29. The highest BCUT2D eigenvalue weighted by Crippen LogP contribution is 2.04. The lowest BCUT2D eigenvalue weighted by atomic mass is 10.3. The number of aromatic amines is 1. The number of aromatic nitrogens is 2. The van der Waals surface area contributed by atoms with Crippen molar-refractivity contribution in [3.8, 4) is 0 Å². The van der Waals surface area contributed by atoms with Gasteiger partial charge in [0.2, 0.25) is 0 Å². The Kier molecular flexibility index (Phi) is 1.78. The van der Waals surface area contributed by atoms with Crippen LogP contribution in [0.1, 0.15) is 11.5 Å². The minimum atomic E-state index is 0.754. The van der Waals surface area contributed by atoms with Crippen molar-refractivity contribution < 1.29 is 4.52 Å². The van der Waals surface area contributed by atoms with E-state index < -0.39 is 0 Å². The molecule has 2 rings (SSSR count). The third-order valence-corrected chi connectivity index (χ3v) is 1.51. The molecule has 0 unspecified atom stereocenters. The average Bonchev–Trinajstić information content (AvgIpc) is 2.74. The van der Waals surface area contributed by atoms with Crippen molar-refractivity contribution >= 4 is 12.2 Å². The first-order valence-electron chi connectivity index (χ1n) is 3.67. The van der Waals surface area contributed by atoms with Crippen LogP contribution in [-0.4, -0.2) is 10.1 Å². The zero-order valence-corrected chi connectivity index (χ0v) is 6.40. The van der Waals surface area contributed by atoms with Gasteiger partial charge in [-0.2, -0.15) is 0 Å². The molecule has 0 radical (unpaired) electrons. The molecular formula is C9H8N2O. The fourth-order valence-electron chi connectivity index (χ4n) is 0.931. The van der Waals surface area contributed by atoms with Crippen molar-refractivity contribution in [3.63, 3.8) is 0 Å². The van der Waals surface area contributed by atoms with Gasteiger partial charge in [0.15, 0.2) is 5.76 Å². The zero-order chi connectivity index (χ0) is 8.23. The van der Waals surface area contributed by atoms with Crippen LogP contribution in [0.3, 0.4) is 0 Å². The van der Waals surface area contributed by atoms with Crippen LogP contribution in [0.2, 0.25) is 0 Å². The third kappa shape index (κ3) is 1.45. The van der Waals surface area contributed by atoms with Gasteiger partial charge < -0.3 is 9.51 Å². The van der Waals surface area contributed by atoms with Crippen LogP contribution in [0.5, 0.6) is 0 Å². The van der Waals surface area contributed by atoms with Crippen LogP contribution in [0.25, 0.3) is 12.2 Å². The Morgan fingerprint density at radius 3 is 3.00 bits per heavy atom. The van der Waals surface area contributed by atoms with Crippen molar-refractivity contribution in [2.75, 3.05) is 0 Å². The van der Waals surface area contributed by atoms with Gasteiger partial charge in [0.1, 0.15) is 0 Å². The van der Waals surface area contributed by atoms with E-state index in [4.69, 9.17) is 4.52 Å². The second kappa shape index (κ2) is 3.09. The standard InChI is InChI=1S/C9H8N2O/c1-2-8(10-6-1)3-4-9-5-7-11-12-9/h1-7,10H. The van der Waals surface area contributed by atoms with Gasteiger partial charge in [0.05, 0.1) is 6.20 Å². The Bertz CT molecular complexity index is 310. The predicted molar refractivity (Wildman–Crippen MR) is 46.2 cm³/mol. The fourth-order valence-corrected chi connectivity index (χ4v) is 0.931. The molecule has 0 bridgehead atoms. The Morgan fingerprint density at radius 2 is 2.33 bits per heavy atom. The fraction of sp³-hybridized carbons (Fsp3) is 0. The molecule has 0 aliphatic heterocycles. The Hall–Kier alpha value is -1.77. The van der Waals surface area contributed by atoms with Crippen molar-refractivity contribution in [2.24, 2.45) is 0 Å². The summed E-state index contributed by atoms with van der Waals surface area (Å²) >= 11 is 0. The van der Waals surface area contributed by atoms with E-state index >= 15 is 0 Å². The van der Waals surface area contributed by atoms with Gasteiger partial charge in [-0.3, -0.25) is 0 Å². The summed E-state index contributed by atoms with van der Waals surface area (Å²) in [7, 11) is 0. The Balaban J connectivity index is 2.14. The quantitative estimate of drug-likeness (QED) is 0.731. The molecule has 0 aliphatic rings. The molecule has 0 aliphatic carbocycles. The van der Waals surface area contributed by atoms with E-state index in [2.05, 4.69) is 10.1 Å². The van der Waals surface area contributed by atoms with Crippen LogP contribution in [0, 0.1) is 0 Å². The lowest BCUT2D eigenvalue weighted by Gasteiger charge is -1.82. The summed E-state index contributed by atoms with van der Waals surface area (Å²) in [6, 6.07) is 5.73. The van der Waals surface area contributed by atoms with Crippen molar-refractivity contribution in [1.82, 2.24) is 10.1 Å². The first-order chi connectivity index (χ1) is 5.95. The molecule has 2 heterocycles. The summed E-state index contributed by atoms with van der Waals surface area (Å²) in [5.41, 5.74) is 1.05. The Morgan fingerprint density at radius 1 is 1.33 bits per heavy atom. The normalized spacial score (nSPS) is 11.0. The number of rotatable bonds is 2. The summed E-state index contributed by atoms with van der Waals surface area (Å²) in [6.45, 7) is 0. The van der Waals surface area contributed by atoms with Crippen molar-refractivity contribution in [3.05, 3.63) is 42.0 Å². The van der Waals surface area contributed by atoms with Crippen LogP contribution < -0.4 is 0 Å². The number of hydrogen-bond donors (Lipinski definition) is 1. The maximum Gasteiger partial charge on any atom is 0.159 e. The predicted octanol–water partition coefficient (Wildman–Crippen LogP) is 2.17. The molecule has 2 aromatic heterocycles. The molecule has 0 spiro atoms. The molecule has 12 heavy (non-hydrogen) atoms. The highest BCUT2D eigenvalue weighted by atomic mass is 16.5. The average molecular weight is 160 g/mol. The van der Waals surface area contributed by atoms with Crippen molar-refractivity contribution in [2.45, 2.75) is 0 Å². The number of hydrogen-bond acceptors (Lipinski definition) is 2. The first kappa shape index (κ1) is 6.91. The van der Waals surface area contributed by atoms with E-state index in [0.29, 0.717) is 0 Å². The first-order valence-corrected chi connectivity index (χ1v) is 3.67. The summed E-state index contributed by atoms with van der Waals surface area (Å²) in [5, 5.41) is 3.59. The van der Waals surface area contributed by atoms with Crippen LogP contribution in [-0.2, 0) is 0 Å². The summed E-state index contributed by atoms with van der Waals surface area (Å²) < 4.78 is 4.88. The largest absolute Gasteiger partial charge is 0.362 e. The van der Waals surface area contributed by atoms with E-state index in [-0.39, 0.29) is 0 Å². The van der Waals surface area contributed by atoms with Crippen molar-refractivity contribution in [1.29, 1.82) is 0 Å². The molecule has 60 valence electrons. The van der Waals surface area contributed by atoms with Gasteiger partial charge in [0, 0.05) is 18.0 Å². The van der Waals surface area contributed by atoms with E-state index in [9.17, 15) is 0 Å². The van der Waals surface area contributed by atoms with Crippen LogP contribution >= 0.6 is 0 Å². The lowest BCUT2D eigenvalue weighted by Crippen LogP contribution is -1.66. The smallest absolute Gasteiger partial charge is 0.159 e. The van der Waals surface area contributed by atoms with Crippen LogP contribution in [0.4, 0.5) is 0 Å². The SMILES string of the molecule is C(=Cc1ccno1)c1ccc[nH]1. The summed E-state index contributed by atoms with van der Waals surface area (Å²) in [5.74, 6) is 0.754. The molecule has 0 saturated carbocycles. The molecule has 0 atom stereocenters. The minimum Gasteiger partial charge on any atom is -0.362 e. The molecule has 0 saturated heterocycles. The van der Waals surface area contributed by atoms with Gasteiger partial charge in [-0.05, 0) is 24.3 Å². The van der Waals surface area contributed by atoms with E-state index in [1.54, 1.807) is 12.3 Å². The van der Waals surface area contributed by atoms with Gasteiger partial charge in [0.25, 0.3) is 0 Å². The second-order valence-electron chi connectivity index (χ2n) is 2.37. The molecular weight excluding hydrogens is 152 g/mol. The Labute approximate surface area is 69.7 Å². The number of H-pyrrole nitrogens is 1. The molecule has 0 aromatic carbocycles. The van der Waals surface area contributed by atoms with Gasteiger partial charge in [-0.25, -0.2) is 0 Å². The second-order valence-corrected chi connectivity index (χ2v) is 2.37. The highest BCUT2D eigenvalue weighted by Gasteiger charge is 1.89. The number of nitrogens with zero attached hydrogens (tertiary/aromatic N) is 1. The molecule has 3 heteroatoms. The molecule has 2 aromatic rings. The molecule has 0 fully saturated rings. The van der Waals surface area contributed by atoms with E-state index in [0.717, 1.165) is 11.5 Å². The van der Waals surface area contributed by atoms with Gasteiger partial charge in [-0.1, -0.05) is 5.16 Å². The molecule has 3 nitrogen and oxygen atoms in total. The summed E-state index contributed by atoms with van der Waals surface area (Å²) in [4.78, 5) is 3.05. The lowest BCUT2D eigenvalue weighted by molar-refractivity contribution is 0.413. The molecule has 1 N–H and O–H groups in total. The topological polar surface area (TPSA) is 41.8 Å². The maximum atomic E-state index is 4.88. The number of nitrogens with one attached hydrogen (secondary N) is 1. The van der Waals surface area contributed by atoms with Gasteiger partial charge in [-0.15, -0.1) is 0 Å². The monoisotopic (exact) mass is 160 g/mol. The van der Waals surface area contributed by atoms with E-state index in [1.165, 1.54) is 0 Å². The van der Waals surface area contributed by atoms with Crippen LogP contribution in [0.15, 0.2) is 35.1 Å². The minimum absolute atomic E-state index is 0.754. The van der Waals surface area contributed by atoms with Gasteiger partial charge >= 0.3 is 0 Å². The van der Waals surface area contributed by atoms with E-state index in [1.807, 2.05) is 30.5 Å². The molecule has 0 amide bonds. The maximum absolute atomic E-state index is 4.88. The highest BCUT2D eigenvalue weighted by molar-refractivity contribution is 5.65. The zero-order valence-electron chi connectivity index (χ0n) is 6.40. The third-order valence-electron chi connectivity index (χ3n) is 1.51.